The standard InChI is InChI=1S/C24H31N5O/c1-4-20-23(28-21-15(2)7-5-8-16(21)3)29-14-6-9-19(22(29)27-20)24(30)26-18-12-10-17(25)11-13-18/h5-9,14,17-18,28H,4,10-13,25H2,1-3H3,(H,26,30). The van der Waals surface area contributed by atoms with E-state index in [0.717, 1.165) is 49.3 Å². The highest BCUT2D eigenvalue weighted by Crippen LogP contribution is 2.29. The molecule has 1 amide bonds. The predicted octanol–water partition coefficient (Wildman–Crippen LogP) is 4.26. The van der Waals surface area contributed by atoms with Crippen molar-refractivity contribution < 1.29 is 4.79 Å². The molecule has 0 spiro atoms. The van der Waals surface area contributed by atoms with Crippen LogP contribution in [-0.4, -0.2) is 27.4 Å². The van der Waals surface area contributed by atoms with Crippen molar-refractivity contribution in [2.75, 3.05) is 5.32 Å². The van der Waals surface area contributed by atoms with E-state index in [9.17, 15) is 4.79 Å². The van der Waals surface area contributed by atoms with Crippen LogP contribution < -0.4 is 16.4 Å². The number of hydrogen-bond acceptors (Lipinski definition) is 4. The molecule has 0 aliphatic heterocycles. The number of imidazole rings is 1. The first-order chi connectivity index (χ1) is 14.5. The number of pyridine rings is 1. The fourth-order valence-corrected chi connectivity index (χ4v) is 4.33. The third-order valence-corrected chi connectivity index (χ3v) is 6.13. The van der Waals surface area contributed by atoms with E-state index in [1.54, 1.807) is 0 Å². The highest BCUT2D eigenvalue weighted by Gasteiger charge is 2.23. The first-order valence-corrected chi connectivity index (χ1v) is 10.9. The molecule has 2 aromatic heterocycles. The molecule has 0 unspecified atom stereocenters. The number of anilines is 2. The van der Waals surface area contributed by atoms with Gasteiger partial charge in [0, 0.05) is 24.0 Å². The van der Waals surface area contributed by atoms with Crippen molar-refractivity contribution in [1.29, 1.82) is 0 Å². The van der Waals surface area contributed by atoms with Gasteiger partial charge in [0.2, 0.25) is 0 Å². The van der Waals surface area contributed by atoms with E-state index in [1.165, 1.54) is 11.1 Å². The number of amides is 1. The number of nitrogens with two attached hydrogens (primary N) is 1. The van der Waals surface area contributed by atoms with E-state index in [4.69, 9.17) is 10.7 Å². The lowest BCUT2D eigenvalue weighted by molar-refractivity contribution is 0.0927. The molecular weight excluding hydrogens is 374 g/mol. The largest absolute Gasteiger partial charge is 0.349 e. The Bertz CT molecular complexity index is 1040. The van der Waals surface area contributed by atoms with Gasteiger partial charge in [-0.2, -0.15) is 0 Å². The van der Waals surface area contributed by atoms with Crippen LogP contribution in [0.15, 0.2) is 36.5 Å². The Kier molecular flexibility index (Phi) is 5.77. The average molecular weight is 406 g/mol. The summed E-state index contributed by atoms with van der Waals surface area (Å²) < 4.78 is 2.00. The van der Waals surface area contributed by atoms with E-state index in [-0.39, 0.29) is 18.0 Å². The van der Waals surface area contributed by atoms with E-state index >= 15 is 0 Å². The minimum absolute atomic E-state index is 0.0626. The molecule has 0 radical (unpaired) electrons. The van der Waals surface area contributed by atoms with Crippen LogP contribution in [0.3, 0.4) is 0 Å². The van der Waals surface area contributed by atoms with Crippen LogP contribution in [0.25, 0.3) is 5.65 Å². The Morgan fingerprint density at radius 1 is 1.13 bits per heavy atom. The summed E-state index contributed by atoms with van der Waals surface area (Å²) in [6.45, 7) is 6.28. The zero-order valence-electron chi connectivity index (χ0n) is 18.0. The first kappa shape index (κ1) is 20.4. The molecule has 1 saturated carbocycles. The van der Waals surface area contributed by atoms with Gasteiger partial charge < -0.3 is 16.4 Å². The first-order valence-electron chi connectivity index (χ1n) is 10.9. The zero-order chi connectivity index (χ0) is 21.3. The summed E-state index contributed by atoms with van der Waals surface area (Å²) in [6.07, 6.45) is 6.53. The Morgan fingerprint density at radius 2 is 1.83 bits per heavy atom. The molecule has 158 valence electrons. The molecule has 4 N–H and O–H groups in total. The monoisotopic (exact) mass is 405 g/mol. The normalized spacial score (nSPS) is 19.1. The lowest BCUT2D eigenvalue weighted by Gasteiger charge is -2.26. The van der Waals surface area contributed by atoms with E-state index in [1.807, 2.05) is 22.7 Å². The number of benzene rings is 1. The summed E-state index contributed by atoms with van der Waals surface area (Å²) in [5.41, 5.74) is 11.7. The number of carbonyl (C=O) groups excluding carboxylic acids is 1. The summed E-state index contributed by atoms with van der Waals surface area (Å²) in [5, 5.41) is 6.78. The Balaban J connectivity index is 1.68. The molecule has 1 aromatic carbocycles. The van der Waals surface area contributed by atoms with Crippen LogP contribution in [0.2, 0.25) is 0 Å². The second-order valence-corrected chi connectivity index (χ2v) is 8.35. The summed E-state index contributed by atoms with van der Waals surface area (Å²) in [5.74, 6) is 0.857. The number of aromatic nitrogens is 2. The molecule has 1 aliphatic carbocycles. The number of nitrogens with zero attached hydrogens (tertiary/aromatic N) is 2. The van der Waals surface area contributed by atoms with Gasteiger partial charge in [0.1, 0.15) is 5.82 Å². The maximum absolute atomic E-state index is 13.1. The molecular formula is C24H31N5O. The second-order valence-electron chi connectivity index (χ2n) is 8.35. The molecule has 1 fully saturated rings. The van der Waals surface area contributed by atoms with Gasteiger partial charge in [-0.25, -0.2) is 4.98 Å². The lowest BCUT2D eigenvalue weighted by atomic mass is 9.91. The number of aryl methyl sites for hydroxylation is 3. The zero-order valence-corrected chi connectivity index (χ0v) is 18.0. The van der Waals surface area contributed by atoms with Crippen molar-refractivity contribution in [3.63, 3.8) is 0 Å². The van der Waals surface area contributed by atoms with Gasteiger partial charge in [0.05, 0.1) is 11.3 Å². The van der Waals surface area contributed by atoms with Crippen LogP contribution >= 0.6 is 0 Å². The van der Waals surface area contributed by atoms with Gasteiger partial charge in [-0.3, -0.25) is 9.20 Å². The third-order valence-electron chi connectivity index (χ3n) is 6.13. The Morgan fingerprint density at radius 3 is 2.50 bits per heavy atom. The molecule has 30 heavy (non-hydrogen) atoms. The summed E-state index contributed by atoms with van der Waals surface area (Å²) >= 11 is 0. The Labute approximate surface area is 177 Å². The number of para-hydroxylation sites is 1. The van der Waals surface area contributed by atoms with Crippen LogP contribution in [0.4, 0.5) is 11.5 Å². The van der Waals surface area contributed by atoms with Crippen LogP contribution in [0.5, 0.6) is 0 Å². The van der Waals surface area contributed by atoms with E-state index in [0.29, 0.717) is 11.2 Å². The van der Waals surface area contributed by atoms with Crippen molar-refractivity contribution >= 4 is 23.1 Å². The lowest BCUT2D eigenvalue weighted by Crippen LogP contribution is -2.40. The summed E-state index contributed by atoms with van der Waals surface area (Å²) in [7, 11) is 0. The number of hydrogen-bond donors (Lipinski definition) is 3. The molecule has 2 heterocycles. The highest BCUT2D eigenvalue weighted by molar-refractivity contribution is 6.00. The number of carbonyl (C=O) groups is 1. The Hall–Kier alpha value is -2.86. The van der Waals surface area contributed by atoms with Gasteiger partial charge in [-0.15, -0.1) is 0 Å². The smallest absolute Gasteiger partial charge is 0.255 e. The summed E-state index contributed by atoms with van der Waals surface area (Å²) in [6, 6.07) is 10.5. The topological polar surface area (TPSA) is 84.5 Å². The fourth-order valence-electron chi connectivity index (χ4n) is 4.33. The summed E-state index contributed by atoms with van der Waals surface area (Å²) in [4.78, 5) is 17.9. The van der Waals surface area contributed by atoms with Crippen molar-refractivity contribution in [3.8, 4) is 0 Å². The maximum Gasteiger partial charge on any atom is 0.255 e. The molecule has 0 atom stereocenters. The number of nitrogens with one attached hydrogen (secondary N) is 2. The molecule has 4 rings (SSSR count). The second kappa shape index (κ2) is 8.48. The van der Waals surface area contributed by atoms with Gasteiger partial charge in [0.15, 0.2) is 5.65 Å². The van der Waals surface area contributed by atoms with E-state index < -0.39 is 0 Å². The molecule has 0 saturated heterocycles. The van der Waals surface area contributed by atoms with Gasteiger partial charge in [-0.1, -0.05) is 25.1 Å². The van der Waals surface area contributed by atoms with E-state index in [2.05, 4.69) is 49.6 Å². The minimum Gasteiger partial charge on any atom is -0.349 e. The minimum atomic E-state index is -0.0626. The molecule has 1 aliphatic rings. The molecule has 6 nitrogen and oxygen atoms in total. The van der Waals surface area contributed by atoms with Crippen molar-refractivity contribution in [1.82, 2.24) is 14.7 Å². The van der Waals surface area contributed by atoms with Crippen LogP contribution in [0.1, 0.15) is 59.8 Å². The highest BCUT2D eigenvalue weighted by atomic mass is 16.1. The quantitative estimate of drug-likeness (QED) is 0.592. The predicted molar refractivity (Wildman–Crippen MR) is 121 cm³/mol. The van der Waals surface area contributed by atoms with Gasteiger partial charge in [-0.05, 0) is 69.2 Å². The van der Waals surface area contributed by atoms with Crippen molar-refractivity contribution in [3.05, 3.63) is 58.9 Å². The van der Waals surface area contributed by atoms with Crippen LogP contribution in [-0.2, 0) is 6.42 Å². The van der Waals surface area contributed by atoms with Gasteiger partial charge >= 0.3 is 0 Å². The average Bonchev–Trinajstić information content (AvgIpc) is 3.10. The van der Waals surface area contributed by atoms with Crippen LogP contribution in [0, 0.1) is 13.8 Å². The molecule has 0 bridgehead atoms. The van der Waals surface area contributed by atoms with Crippen molar-refractivity contribution in [2.45, 2.75) is 65.0 Å². The fraction of sp³-hybridized carbons (Fsp3) is 0.417. The third kappa shape index (κ3) is 3.92. The number of fused-ring (bicyclic) bond motifs is 1. The molecule has 6 heteroatoms. The number of rotatable bonds is 5. The maximum atomic E-state index is 13.1. The molecule has 3 aromatic rings. The SMILES string of the molecule is CCc1nc2c(C(=O)NC3CCC(N)CC3)cccn2c1Nc1c(C)cccc1C. The van der Waals surface area contributed by atoms with Gasteiger partial charge in [0.25, 0.3) is 5.91 Å². The van der Waals surface area contributed by atoms with Crippen molar-refractivity contribution in [2.24, 2.45) is 5.73 Å².